The lowest BCUT2D eigenvalue weighted by Crippen LogP contribution is -2.04. The Labute approximate surface area is 94.0 Å². The van der Waals surface area contributed by atoms with Crippen LogP contribution in [-0.4, -0.2) is 5.78 Å². The number of halogens is 2. The summed E-state index contributed by atoms with van der Waals surface area (Å²) in [6.45, 7) is 3.99. The van der Waals surface area contributed by atoms with Gasteiger partial charge in [0.1, 0.15) is 0 Å². The molecule has 3 heteroatoms. The normalized spacial score (nSPS) is 10.6. The molecule has 0 fully saturated rings. The molecule has 1 rings (SSSR count). The van der Waals surface area contributed by atoms with E-state index in [-0.39, 0.29) is 5.78 Å². The fourth-order valence-electron chi connectivity index (χ4n) is 1.20. The maximum atomic E-state index is 11.7. The SMILES string of the molecule is CC(C)CC(=O)c1cccc(Cl)c1Cl. The van der Waals surface area contributed by atoms with Crippen molar-refractivity contribution in [3.05, 3.63) is 33.8 Å². The molecule has 1 aromatic carbocycles. The van der Waals surface area contributed by atoms with Crippen LogP contribution in [0.3, 0.4) is 0 Å². The summed E-state index contributed by atoms with van der Waals surface area (Å²) in [4.78, 5) is 11.7. The van der Waals surface area contributed by atoms with E-state index in [0.717, 1.165) is 0 Å². The number of Topliss-reactive ketones (excluding diaryl/α,β-unsaturated/α-hetero) is 1. The molecule has 0 N–H and O–H groups in total. The lowest BCUT2D eigenvalue weighted by molar-refractivity contribution is 0.0968. The second-order valence-corrected chi connectivity index (χ2v) is 4.41. The molecule has 0 unspecified atom stereocenters. The molecule has 0 saturated carbocycles. The Kier molecular flexibility index (Phi) is 3.97. The highest BCUT2D eigenvalue weighted by atomic mass is 35.5. The van der Waals surface area contributed by atoms with E-state index in [2.05, 4.69) is 0 Å². The molecular weight excluding hydrogens is 219 g/mol. The predicted molar refractivity (Wildman–Crippen MR) is 60.2 cm³/mol. The quantitative estimate of drug-likeness (QED) is 0.711. The van der Waals surface area contributed by atoms with Crippen LogP contribution in [0.25, 0.3) is 0 Å². The number of rotatable bonds is 3. The van der Waals surface area contributed by atoms with Crippen molar-refractivity contribution in [3.63, 3.8) is 0 Å². The van der Waals surface area contributed by atoms with Crippen LogP contribution in [0, 0.1) is 5.92 Å². The van der Waals surface area contributed by atoms with Crippen LogP contribution in [0.4, 0.5) is 0 Å². The topological polar surface area (TPSA) is 17.1 Å². The zero-order valence-corrected chi connectivity index (χ0v) is 9.69. The molecule has 1 nitrogen and oxygen atoms in total. The van der Waals surface area contributed by atoms with Gasteiger partial charge in [0.25, 0.3) is 0 Å². The Morgan fingerprint density at radius 3 is 2.57 bits per heavy atom. The molecule has 0 aliphatic rings. The van der Waals surface area contributed by atoms with E-state index in [1.165, 1.54) is 0 Å². The fourth-order valence-corrected chi connectivity index (χ4v) is 1.61. The Hall–Kier alpha value is -0.530. The number of hydrogen-bond acceptors (Lipinski definition) is 1. The third kappa shape index (κ3) is 2.73. The largest absolute Gasteiger partial charge is 0.294 e. The van der Waals surface area contributed by atoms with Crippen LogP contribution < -0.4 is 0 Å². The smallest absolute Gasteiger partial charge is 0.164 e. The first-order valence-electron chi connectivity index (χ1n) is 4.49. The molecule has 0 aliphatic carbocycles. The van der Waals surface area contributed by atoms with E-state index in [1.807, 2.05) is 13.8 Å². The van der Waals surface area contributed by atoms with Crippen LogP contribution in [0.5, 0.6) is 0 Å². The van der Waals surface area contributed by atoms with Gasteiger partial charge in [0, 0.05) is 12.0 Å². The molecule has 0 aromatic heterocycles. The minimum atomic E-state index is 0.0486. The highest BCUT2D eigenvalue weighted by Crippen LogP contribution is 2.27. The summed E-state index contributed by atoms with van der Waals surface area (Å²) < 4.78 is 0. The lowest BCUT2D eigenvalue weighted by atomic mass is 10.0. The molecular formula is C11H12Cl2O. The summed E-state index contributed by atoms with van der Waals surface area (Å²) in [5, 5.41) is 0.793. The van der Waals surface area contributed by atoms with Gasteiger partial charge in [-0.2, -0.15) is 0 Å². The van der Waals surface area contributed by atoms with Crippen LogP contribution in [0.15, 0.2) is 18.2 Å². The number of carbonyl (C=O) groups excluding carboxylic acids is 1. The van der Waals surface area contributed by atoms with Gasteiger partial charge in [0.15, 0.2) is 5.78 Å². The van der Waals surface area contributed by atoms with Crippen molar-refractivity contribution in [1.29, 1.82) is 0 Å². The Morgan fingerprint density at radius 1 is 1.36 bits per heavy atom. The summed E-state index contributed by atoms with van der Waals surface area (Å²) >= 11 is 11.7. The molecule has 0 aliphatic heterocycles. The first-order chi connectivity index (χ1) is 6.52. The van der Waals surface area contributed by atoms with Gasteiger partial charge in [-0.3, -0.25) is 4.79 Å². The van der Waals surface area contributed by atoms with Gasteiger partial charge in [-0.1, -0.05) is 43.1 Å². The molecule has 0 atom stereocenters. The Balaban J connectivity index is 2.96. The molecule has 76 valence electrons. The molecule has 1 aromatic rings. The zero-order valence-electron chi connectivity index (χ0n) is 8.18. The average molecular weight is 231 g/mol. The van der Waals surface area contributed by atoms with E-state index in [1.54, 1.807) is 18.2 Å². The highest BCUT2D eigenvalue weighted by molar-refractivity contribution is 6.43. The van der Waals surface area contributed by atoms with Crippen molar-refractivity contribution in [2.24, 2.45) is 5.92 Å². The van der Waals surface area contributed by atoms with E-state index < -0.39 is 0 Å². The van der Waals surface area contributed by atoms with Crippen molar-refractivity contribution in [2.45, 2.75) is 20.3 Å². The van der Waals surface area contributed by atoms with E-state index in [4.69, 9.17) is 23.2 Å². The van der Waals surface area contributed by atoms with Gasteiger partial charge in [-0.15, -0.1) is 0 Å². The zero-order chi connectivity index (χ0) is 10.7. The van der Waals surface area contributed by atoms with Crippen molar-refractivity contribution in [1.82, 2.24) is 0 Å². The molecule has 0 bridgehead atoms. The minimum absolute atomic E-state index is 0.0486. The molecule has 0 saturated heterocycles. The van der Waals surface area contributed by atoms with Gasteiger partial charge in [-0.25, -0.2) is 0 Å². The highest BCUT2D eigenvalue weighted by Gasteiger charge is 2.13. The molecule has 0 radical (unpaired) electrons. The van der Waals surface area contributed by atoms with Crippen molar-refractivity contribution in [2.75, 3.05) is 0 Å². The van der Waals surface area contributed by atoms with Crippen LogP contribution in [-0.2, 0) is 0 Å². The van der Waals surface area contributed by atoms with Gasteiger partial charge in [0.05, 0.1) is 10.0 Å². The van der Waals surface area contributed by atoms with E-state index in [0.29, 0.717) is 27.9 Å². The summed E-state index contributed by atoms with van der Waals surface area (Å²) in [6.07, 6.45) is 0.500. The maximum Gasteiger partial charge on any atom is 0.164 e. The van der Waals surface area contributed by atoms with Gasteiger partial charge < -0.3 is 0 Å². The number of carbonyl (C=O) groups is 1. The summed E-state index contributed by atoms with van der Waals surface area (Å²) in [5.41, 5.74) is 0.521. The van der Waals surface area contributed by atoms with Crippen molar-refractivity contribution >= 4 is 29.0 Å². The Morgan fingerprint density at radius 2 is 2.00 bits per heavy atom. The fraction of sp³-hybridized carbons (Fsp3) is 0.364. The third-order valence-corrected chi connectivity index (χ3v) is 2.66. The number of benzene rings is 1. The third-order valence-electron chi connectivity index (χ3n) is 1.85. The average Bonchev–Trinajstić information content (AvgIpc) is 2.08. The van der Waals surface area contributed by atoms with Crippen LogP contribution >= 0.6 is 23.2 Å². The standard InChI is InChI=1S/C11H12Cl2O/c1-7(2)6-10(14)8-4-3-5-9(12)11(8)13/h3-5,7H,6H2,1-2H3. The number of hydrogen-bond donors (Lipinski definition) is 0. The predicted octanol–water partition coefficient (Wildman–Crippen LogP) is 4.22. The second kappa shape index (κ2) is 4.81. The summed E-state index contributed by atoms with van der Waals surface area (Å²) in [7, 11) is 0. The first-order valence-corrected chi connectivity index (χ1v) is 5.25. The van der Waals surface area contributed by atoms with Gasteiger partial charge >= 0.3 is 0 Å². The van der Waals surface area contributed by atoms with Gasteiger partial charge in [-0.05, 0) is 18.1 Å². The van der Waals surface area contributed by atoms with Crippen molar-refractivity contribution < 1.29 is 4.79 Å². The van der Waals surface area contributed by atoms with Gasteiger partial charge in [0.2, 0.25) is 0 Å². The summed E-state index contributed by atoms with van der Waals surface area (Å²) in [6, 6.07) is 5.12. The first kappa shape index (κ1) is 11.5. The van der Waals surface area contributed by atoms with Crippen molar-refractivity contribution in [3.8, 4) is 0 Å². The summed E-state index contributed by atoms with van der Waals surface area (Å²) in [5.74, 6) is 0.380. The lowest BCUT2D eigenvalue weighted by Gasteiger charge is -2.06. The molecule has 0 heterocycles. The molecule has 0 spiro atoms. The number of ketones is 1. The molecule has 14 heavy (non-hydrogen) atoms. The minimum Gasteiger partial charge on any atom is -0.294 e. The Bertz CT molecular complexity index is 345. The van der Waals surface area contributed by atoms with Crippen LogP contribution in [0.2, 0.25) is 10.0 Å². The van der Waals surface area contributed by atoms with Crippen LogP contribution in [0.1, 0.15) is 30.6 Å². The second-order valence-electron chi connectivity index (χ2n) is 3.62. The monoisotopic (exact) mass is 230 g/mol. The maximum absolute atomic E-state index is 11.7. The van der Waals surface area contributed by atoms with E-state index in [9.17, 15) is 4.79 Å². The van der Waals surface area contributed by atoms with E-state index >= 15 is 0 Å². The molecule has 0 amide bonds.